The van der Waals surface area contributed by atoms with Crippen molar-refractivity contribution in [2.24, 2.45) is 5.92 Å². The second-order valence-corrected chi connectivity index (χ2v) is 5.45. The molecule has 112 valence electrons. The van der Waals surface area contributed by atoms with E-state index in [-0.39, 0.29) is 37.7 Å². The summed E-state index contributed by atoms with van der Waals surface area (Å²) in [5, 5.41) is 10.3. The summed E-state index contributed by atoms with van der Waals surface area (Å²) in [6.07, 6.45) is -4.92. The zero-order valence-electron chi connectivity index (χ0n) is 10.7. The van der Waals surface area contributed by atoms with Crippen LogP contribution < -0.4 is 0 Å². The first-order valence-electron chi connectivity index (χ1n) is 6.43. The molecule has 1 N–H and O–H groups in total. The van der Waals surface area contributed by atoms with Crippen LogP contribution in [0.4, 0.5) is 22.0 Å². The van der Waals surface area contributed by atoms with Gasteiger partial charge in [0.1, 0.15) is 11.6 Å². The molecule has 0 saturated heterocycles. The van der Waals surface area contributed by atoms with Crippen LogP contribution in [-0.2, 0) is 6.42 Å². The largest absolute Gasteiger partial charge is 0.391 e. The van der Waals surface area contributed by atoms with Crippen molar-refractivity contribution < 1.29 is 27.1 Å². The lowest BCUT2D eigenvalue weighted by Gasteiger charge is -2.36. The van der Waals surface area contributed by atoms with Gasteiger partial charge in [0.15, 0.2) is 0 Å². The maximum atomic E-state index is 13.5. The van der Waals surface area contributed by atoms with E-state index in [1.54, 1.807) is 0 Å². The van der Waals surface area contributed by atoms with Crippen LogP contribution in [-0.4, -0.2) is 16.9 Å². The van der Waals surface area contributed by atoms with E-state index in [1.165, 1.54) is 0 Å². The lowest BCUT2D eigenvalue weighted by atomic mass is 9.75. The normalized spacial score (nSPS) is 27.6. The van der Waals surface area contributed by atoms with Crippen molar-refractivity contribution in [3.05, 3.63) is 35.4 Å². The third-order valence-corrected chi connectivity index (χ3v) is 3.91. The third-order valence-electron chi connectivity index (χ3n) is 3.91. The summed E-state index contributed by atoms with van der Waals surface area (Å²) in [6.45, 7) is 0. The van der Waals surface area contributed by atoms with Crippen LogP contribution in [0.25, 0.3) is 0 Å². The summed E-state index contributed by atoms with van der Waals surface area (Å²) in [7, 11) is 0. The molecule has 0 heterocycles. The molecule has 1 aromatic carbocycles. The summed E-state index contributed by atoms with van der Waals surface area (Å²) in [5.74, 6) is -2.70. The average molecular weight is 294 g/mol. The molecule has 1 saturated carbocycles. The van der Waals surface area contributed by atoms with Crippen molar-refractivity contribution in [3.8, 4) is 0 Å². The highest BCUT2D eigenvalue weighted by molar-refractivity contribution is 5.21. The molecular formula is C14H15F5O. The molecule has 0 radical (unpaired) electrons. The summed E-state index contributed by atoms with van der Waals surface area (Å²) >= 11 is 0. The van der Waals surface area contributed by atoms with Crippen molar-refractivity contribution in [1.29, 1.82) is 0 Å². The minimum atomic E-state index is -4.26. The number of hydrogen-bond donors (Lipinski definition) is 1. The highest BCUT2D eigenvalue weighted by Gasteiger charge is 2.45. The molecule has 0 spiro atoms. The van der Waals surface area contributed by atoms with Crippen molar-refractivity contribution in [2.75, 3.05) is 0 Å². The van der Waals surface area contributed by atoms with Crippen LogP contribution in [0.1, 0.15) is 31.2 Å². The summed E-state index contributed by atoms with van der Waals surface area (Å²) < 4.78 is 64.2. The van der Waals surface area contributed by atoms with Crippen molar-refractivity contribution >= 4 is 0 Å². The van der Waals surface area contributed by atoms with Crippen LogP contribution in [0.2, 0.25) is 0 Å². The first-order chi connectivity index (χ1) is 9.20. The maximum absolute atomic E-state index is 13.5. The predicted molar refractivity (Wildman–Crippen MR) is 63.0 cm³/mol. The molecule has 1 aliphatic carbocycles. The molecule has 0 bridgehead atoms. The van der Waals surface area contributed by atoms with Crippen molar-refractivity contribution in [3.63, 3.8) is 0 Å². The third kappa shape index (κ3) is 3.48. The molecule has 6 heteroatoms. The maximum Gasteiger partial charge on any atom is 0.391 e. The van der Waals surface area contributed by atoms with Gasteiger partial charge in [-0.2, -0.15) is 13.2 Å². The molecule has 0 unspecified atom stereocenters. The summed E-state index contributed by atoms with van der Waals surface area (Å²) in [6, 6.07) is 2.89. The molecule has 0 aliphatic heterocycles. The van der Waals surface area contributed by atoms with Gasteiger partial charge in [-0.3, -0.25) is 0 Å². The van der Waals surface area contributed by atoms with Gasteiger partial charge in [0.2, 0.25) is 0 Å². The van der Waals surface area contributed by atoms with E-state index in [1.807, 2.05) is 0 Å². The Labute approximate surface area is 113 Å². The second-order valence-electron chi connectivity index (χ2n) is 5.45. The average Bonchev–Trinajstić information content (AvgIpc) is 2.33. The monoisotopic (exact) mass is 294 g/mol. The van der Waals surface area contributed by atoms with Gasteiger partial charge in [-0.1, -0.05) is 0 Å². The zero-order chi connectivity index (χ0) is 15.0. The highest BCUT2D eigenvalue weighted by atomic mass is 19.4. The Morgan fingerprint density at radius 1 is 1.15 bits per heavy atom. The van der Waals surface area contributed by atoms with E-state index < -0.39 is 29.3 Å². The molecule has 0 aromatic heterocycles. The molecule has 0 atom stereocenters. The number of aliphatic hydroxyl groups is 1. The first kappa shape index (κ1) is 15.2. The lowest BCUT2D eigenvalue weighted by molar-refractivity contribution is -0.192. The van der Waals surface area contributed by atoms with Gasteiger partial charge in [-0.05, 0) is 49.4 Å². The van der Waals surface area contributed by atoms with Gasteiger partial charge in [-0.15, -0.1) is 0 Å². The van der Waals surface area contributed by atoms with Gasteiger partial charge in [-0.25, -0.2) is 8.78 Å². The number of hydrogen-bond acceptors (Lipinski definition) is 1. The Kier molecular flexibility index (Phi) is 4.04. The van der Waals surface area contributed by atoms with Crippen molar-refractivity contribution in [2.45, 2.75) is 43.9 Å². The fraction of sp³-hybridized carbons (Fsp3) is 0.571. The molecule has 1 nitrogen and oxygen atoms in total. The molecule has 1 fully saturated rings. The predicted octanol–water partition coefficient (Wildman–Crippen LogP) is 3.99. The number of rotatable bonds is 2. The van der Waals surface area contributed by atoms with Gasteiger partial charge in [0.05, 0.1) is 11.5 Å². The molecule has 20 heavy (non-hydrogen) atoms. The topological polar surface area (TPSA) is 20.2 Å². The Bertz CT molecular complexity index is 475. The molecule has 2 rings (SSSR count). The van der Waals surface area contributed by atoms with Crippen LogP contribution in [0.15, 0.2) is 18.2 Å². The van der Waals surface area contributed by atoms with E-state index in [2.05, 4.69) is 0 Å². The Morgan fingerprint density at radius 2 is 1.75 bits per heavy atom. The lowest BCUT2D eigenvalue weighted by Crippen LogP contribution is -2.40. The van der Waals surface area contributed by atoms with E-state index in [9.17, 15) is 27.1 Å². The quantitative estimate of drug-likeness (QED) is 0.818. The second kappa shape index (κ2) is 5.31. The van der Waals surface area contributed by atoms with Crippen LogP contribution in [0, 0.1) is 17.6 Å². The number of benzene rings is 1. The van der Waals surface area contributed by atoms with Gasteiger partial charge in [0, 0.05) is 6.42 Å². The Hall–Kier alpha value is -1.17. The molecule has 1 aliphatic rings. The fourth-order valence-corrected chi connectivity index (χ4v) is 2.69. The van der Waals surface area contributed by atoms with Crippen molar-refractivity contribution in [1.82, 2.24) is 0 Å². The minimum Gasteiger partial charge on any atom is -0.390 e. The summed E-state index contributed by atoms with van der Waals surface area (Å²) in [5.41, 5.74) is -1.39. The zero-order valence-corrected chi connectivity index (χ0v) is 10.7. The SMILES string of the molecule is OC1(Cc2cc(F)ccc2F)CCC(C(F)(F)F)CC1. The van der Waals surface area contributed by atoms with Crippen LogP contribution in [0.5, 0.6) is 0 Å². The molecular weight excluding hydrogens is 279 g/mol. The molecule has 0 amide bonds. The smallest absolute Gasteiger partial charge is 0.390 e. The van der Waals surface area contributed by atoms with Gasteiger partial charge < -0.3 is 5.11 Å². The number of alkyl halides is 3. The molecule has 1 aromatic rings. The highest BCUT2D eigenvalue weighted by Crippen LogP contribution is 2.42. The van der Waals surface area contributed by atoms with Gasteiger partial charge >= 0.3 is 6.18 Å². The Morgan fingerprint density at radius 3 is 2.30 bits per heavy atom. The first-order valence-corrected chi connectivity index (χ1v) is 6.43. The van der Waals surface area contributed by atoms with Crippen LogP contribution in [0.3, 0.4) is 0 Å². The summed E-state index contributed by atoms with van der Waals surface area (Å²) in [4.78, 5) is 0. The van der Waals surface area contributed by atoms with E-state index in [0.29, 0.717) is 0 Å². The van der Waals surface area contributed by atoms with E-state index >= 15 is 0 Å². The van der Waals surface area contributed by atoms with E-state index in [0.717, 1.165) is 18.2 Å². The standard InChI is InChI=1S/C14H15F5O/c15-11-1-2-12(16)9(7-11)8-13(20)5-3-10(4-6-13)14(17,18)19/h1-2,7,10,20H,3-6,8H2. The minimum absolute atomic E-state index is 0.00189. The Balaban J connectivity index is 2.05. The van der Waals surface area contributed by atoms with Gasteiger partial charge in [0.25, 0.3) is 0 Å². The van der Waals surface area contributed by atoms with E-state index in [4.69, 9.17) is 0 Å². The fourth-order valence-electron chi connectivity index (χ4n) is 2.69. The van der Waals surface area contributed by atoms with Crippen LogP contribution >= 0.6 is 0 Å². The number of halogens is 5.